The van der Waals surface area contributed by atoms with Crippen molar-refractivity contribution in [1.82, 2.24) is 5.32 Å². The van der Waals surface area contributed by atoms with Gasteiger partial charge in [-0.3, -0.25) is 9.59 Å². The maximum atomic E-state index is 11.8. The van der Waals surface area contributed by atoms with E-state index in [-0.39, 0.29) is 24.3 Å². The van der Waals surface area contributed by atoms with Crippen LogP contribution in [0.1, 0.15) is 31.2 Å². The third kappa shape index (κ3) is 3.29. The summed E-state index contributed by atoms with van der Waals surface area (Å²) in [6.45, 7) is 0. The fourth-order valence-corrected chi connectivity index (χ4v) is 2.87. The number of nitrogens with one attached hydrogen (secondary N) is 1. The van der Waals surface area contributed by atoms with Crippen molar-refractivity contribution < 1.29 is 14.7 Å². The van der Waals surface area contributed by atoms with Crippen LogP contribution in [0.25, 0.3) is 0 Å². The Labute approximate surface area is 116 Å². The molecule has 0 aromatic heterocycles. The Kier molecular flexibility index (Phi) is 4.14. The number of amides is 1. The maximum absolute atomic E-state index is 11.8. The van der Waals surface area contributed by atoms with E-state index in [1.54, 1.807) is 11.8 Å². The predicted octanol–water partition coefficient (Wildman–Crippen LogP) is 2.38. The first-order valence-electron chi connectivity index (χ1n) is 6.24. The van der Waals surface area contributed by atoms with Gasteiger partial charge in [0.25, 0.3) is 0 Å². The molecule has 1 aromatic carbocycles. The van der Waals surface area contributed by atoms with Crippen molar-refractivity contribution in [2.45, 2.75) is 36.1 Å². The van der Waals surface area contributed by atoms with Gasteiger partial charge in [-0.25, -0.2) is 0 Å². The van der Waals surface area contributed by atoms with Crippen LogP contribution in [0.3, 0.4) is 0 Å². The van der Waals surface area contributed by atoms with Crippen LogP contribution in [0.4, 0.5) is 0 Å². The van der Waals surface area contributed by atoms with Gasteiger partial charge in [0.1, 0.15) is 0 Å². The first kappa shape index (κ1) is 13.9. The van der Waals surface area contributed by atoms with Gasteiger partial charge in [-0.2, -0.15) is 0 Å². The molecule has 2 N–H and O–H groups in total. The van der Waals surface area contributed by atoms with Crippen LogP contribution in [-0.4, -0.2) is 23.2 Å². The summed E-state index contributed by atoms with van der Waals surface area (Å²) < 4.78 is 0. The van der Waals surface area contributed by atoms with Gasteiger partial charge >= 0.3 is 5.97 Å². The molecule has 1 aromatic rings. The van der Waals surface area contributed by atoms with E-state index in [9.17, 15) is 9.59 Å². The topological polar surface area (TPSA) is 66.4 Å². The van der Waals surface area contributed by atoms with E-state index < -0.39 is 5.97 Å². The molecule has 0 heterocycles. The highest BCUT2D eigenvalue weighted by Gasteiger charge is 2.46. The molecular formula is C14H17NO3S. The van der Waals surface area contributed by atoms with E-state index in [2.05, 4.69) is 5.32 Å². The summed E-state index contributed by atoms with van der Waals surface area (Å²) in [7, 11) is 0. The highest BCUT2D eigenvalue weighted by molar-refractivity contribution is 7.98. The molecule has 5 heteroatoms. The van der Waals surface area contributed by atoms with Gasteiger partial charge < -0.3 is 10.4 Å². The second kappa shape index (κ2) is 5.65. The Morgan fingerprint density at radius 1 is 1.32 bits per heavy atom. The molecule has 102 valence electrons. The second-order valence-corrected chi connectivity index (χ2v) is 5.57. The van der Waals surface area contributed by atoms with Crippen molar-refractivity contribution in [3.05, 3.63) is 29.8 Å². The third-order valence-electron chi connectivity index (χ3n) is 3.32. The average Bonchev–Trinajstić information content (AvgIpc) is 3.17. The lowest BCUT2D eigenvalue weighted by Gasteiger charge is -2.20. The smallest absolute Gasteiger partial charge is 0.303 e. The minimum atomic E-state index is -0.940. The Hall–Kier alpha value is -1.49. The molecule has 0 bridgehead atoms. The van der Waals surface area contributed by atoms with Gasteiger partial charge in [-0.1, -0.05) is 18.2 Å². The average molecular weight is 279 g/mol. The van der Waals surface area contributed by atoms with Crippen LogP contribution in [0.2, 0.25) is 0 Å². The summed E-state index contributed by atoms with van der Waals surface area (Å²) in [5.41, 5.74) is 0.876. The zero-order valence-corrected chi connectivity index (χ0v) is 11.6. The minimum Gasteiger partial charge on any atom is -0.481 e. The third-order valence-corrected chi connectivity index (χ3v) is 4.11. The number of aliphatic carboxylic acids is 1. The van der Waals surface area contributed by atoms with Crippen LogP contribution < -0.4 is 5.32 Å². The van der Waals surface area contributed by atoms with Crippen LogP contribution in [0, 0.1) is 0 Å². The lowest BCUT2D eigenvalue weighted by Crippen LogP contribution is -2.35. The number of carbonyl (C=O) groups excluding carboxylic acids is 1. The first-order valence-corrected chi connectivity index (χ1v) is 7.46. The fraction of sp³-hybridized carbons (Fsp3) is 0.429. The summed E-state index contributed by atoms with van der Waals surface area (Å²) in [6, 6.07) is 8.04. The fourth-order valence-electron chi connectivity index (χ4n) is 2.18. The molecule has 1 saturated carbocycles. The molecule has 4 nitrogen and oxygen atoms in total. The summed E-state index contributed by atoms with van der Waals surface area (Å²) >= 11 is 1.66. The molecule has 1 aliphatic rings. The van der Waals surface area contributed by atoms with Crippen molar-refractivity contribution in [1.29, 1.82) is 0 Å². The van der Waals surface area contributed by atoms with Crippen LogP contribution in [-0.2, 0) is 15.1 Å². The van der Waals surface area contributed by atoms with E-state index in [1.165, 1.54) is 4.90 Å². The Morgan fingerprint density at radius 2 is 2.00 bits per heavy atom. The molecule has 19 heavy (non-hydrogen) atoms. The summed E-state index contributed by atoms with van der Waals surface area (Å²) in [4.78, 5) is 23.4. The van der Waals surface area contributed by atoms with Gasteiger partial charge in [0, 0.05) is 11.3 Å². The molecule has 0 atom stereocenters. The molecule has 0 unspecified atom stereocenters. The molecule has 0 saturated heterocycles. The molecule has 0 aliphatic heterocycles. The van der Waals surface area contributed by atoms with E-state index in [0.717, 1.165) is 18.4 Å². The van der Waals surface area contributed by atoms with Crippen LogP contribution >= 0.6 is 11.8 Å². The first-order chi connectivity index (χ1) is 9.07. The predicted molar refractivity (Wildman–Crippen MR) is 74.1 cm³/mol. The van der Waals surface area contributed by atoms with Gasteiger partial charge in [-0.15, -0.1) is 11.8 Å². The number of rotatable bonds is 6. The zero-order chi connectivity index (χ0) is 13.9. The van der Waals surface area contributed by atoms with Crippen molar-refractivity contribution in [2.24, 2.45) is 0 Å². The van der Waals surface area contributed by atoms with Crippen LogP contribution in [0.15, 0.2) is 29.2 Å². The second-order valence-electron chi connectivity index (χ2n) is 4.72. The van der Waals surface area contributed by atoms with Crippen LogP contribution in [0.5, 0.6) is 0 Å². The quantitative estimate of drug-likeness (QED) is 0.785. The van der Waals surface area contributed by atoms with E-state index in [4.69, 9.17) is 5.11 Å². The highest BCUT2D eigenvalue weighted by atomic mass is 32.2. The summed E-state index contributed by atoms with van der Waals surface area (Å²) in [6.07, 6.45) is 3.78. The monoisotopic (exact) mass is 279 g/mol. The van der Waals surface area contributed by atoms with Crippen molar-refractivity contribution in [3.8, 4) is 0 Å². The van der Waals surface area contributed by atoms with Gasteiger partial charge in [-0.05, 0) is 30.7 Å². The Bertz CT molecular complexity index is 497. The Balaban J connectivity index is 2.07. The number of hydrogen-bond donors (Lipinski definition) is 2. The minimum absolute atomic E-state index is 0.0402. The lowest BCUT2D eigenvalue weighted by molar-refractivity contribution is -0.139. The number of carboxylic acid groups (broad SMARTS) is 1. The maximum Gasteiger partial charge on any atom is 0.303 e. The lowest BCUT2D eigenvalue weighted by atomic mass is 10.0. The van der Waals surface area contributed by atoms with Crippen molar-refractivity contribution in [2.75, 3.05) is 6.26 Å². The summed E-state index contributed by atoms with van der Waals surface area (Å²) in [5, 5.41) is 11.6. The largest absolute Gasteiger partial charge is 0.481 e. The molecule has 1 amide bonds. The molecule has 0 radical (unpaired) electrons. The van der Waals surface area contributed by atoms with E-state index >= 15 is 0 Å². The standard InChI is InChI=1S/C14H17NO3S/c1-19-11-5-3-2-4-10(11)14(8-9-14)15-12(16)6-7-13(17)18/h2-5H,6-9H2,1H3,(H,15,16)(H,17,18). The number of hydrogen-bond acceptors (Lipinski definition) is 3. The SMILES string of the molecule is CSc1ccccc1C1(NC(=O)CCC(=O)O)CC1. The van der Waals surface area contributed by atoms with E-state index in [0.29, 0.717) is 0 Å². The molecule has 0 spiro atoms. The van der Waals surface area contributed by atoms with Gasteiger partial charge in [0.15, 0.2) is 0 Å². The van der Waals surface area contributed by atoms with Crippen molar-refractivity contribution >= 4 is 23.6 Å². The highest BCUT2D eigenvalue weighted by Crippen LogP contribution is 2.48. The van der Waals surface area contributed by atoms with Crippen molar-refractivity contribution in [3.63, 3.8) is 0 Å². The normalized spacial score (nSPS) is 15.8. The summed E-state index contributed by atoms with van der Waals surface area (Å²) in [5.74, 6) is -1.12. The van der Waals surface area contributed by atoms with E-state index in [1.807, 2.05) is 30.5 Å². The number of thioether (sulfide) groups is 1. The Morgan fingerprint density at radius 3 is 2.58 bits per heavy atom. The molecule has 1 fully saturated rings. The van der Waals surface area contributed by atoms with Gasteiger partial charge in [0.2, 0.25) is 5.91 Å². The van der Waals surface area contributed by atoms with Gasteiger partial charge in [0.05, 0.1) is 12.0 Å². The molecule has 1 aliphatic carbocycles. The molecule has 2 rings (SSSR count). The zero-order valence-electron chi connectivity index (χ0n) is 10.8. The molecular weight excluding hydrogens is 262 g/mol. The number of carbonyl (C=O) groups is 2. The number of benzene rings is 1. The number of carboxylic acids is 1.